The molecule has 5 nitrogen and oxygen atoms in total. The standard InChI is InChI=1S/C12H14N2O3S/c1-17-9-5-3-8(4-6-9)10-11(18(2,15)16)12(10,14)7-13/h3-6,10-11H,14H2,1-2H3. The minimum atomic E-state index is -3.34. The Morgan fingerprint density at radius 1 is 1.39 bits per heavy atom. The van der Waals surface area contributed by atoms with E-state index >= 15 is 0 Å². The van der Waals surface area contributed by atoms with Crippen LogP contribution >= 0.6 is 0 Å². The second-order valence-electron chi connectivity index (χ2n) is 4.55. The normalized spacial score (nSPS) is 30.6. The number of sulfone groups is 1. The van der Waals surface area contributed by atoms with E-state index in [4.69, 9.17) is 15.7 Å². The van der Waals surface area contributed by atoms with Gasteiger partial charge in [0.2, 0.25) is 0 Å². The van der Waals surface area contributed by atoms with Crippen LogP contribution in [0.2, 0.25) is 0 Å². The van der Waals surface area contributed by atoms with Crippen LogP contribution in [0.5, 0.6) is 5.75 Å². The Labute approximate surface area is 106 Å². The molecule has 96 valence electrons. The van der Waals surface area contributed by atoms with Gasteiger partial charge in [-0.25, -0.2) is 8.42 Å². The molecule has 18 heavy (non-hydrogen) atoms. The van der Waals surface area contributed by atoms with E-state index in [1.165, 1.54) is 0 Å². The van der Waals surface area contributed by atoms with Gasteiger partial charge in [0.1, 0.15) is 16.5 Å². The van der Waals surface area contributed by atoms with Crippen LogP contribution in [0.4, 0.5) is 0 Å². The van der Waals surface area contributed by atoms with Crippen LogP contribution in [0.25, 0.3) is 0 Å². The molecular weight excluding hydrogens is 252 g/mol. The SMILES string of the molecule is COc1ccc(C2C(S(C)(=O)=O)C2(N)C#N)cc1. The summed E-state index contributed by atoms with van der Waals surface area (Å²) < 4.78 is 28.3. The highest BCUT2D eigenvalue weighted by Crippen LogP contribution is 2.53. The molecular formula is C12H14N2O3S. The van der Waals surface area contributed by atoms with Gasteiger partial charge in [0.25, 0.3) is 0 Å². The molecule has 3 unspecified atom stereocenters. The van der Waals surface area contributed by atoms with Gasteiger partial charge in [-0.2, -0.15) is 5.26 Å². The summed E-state index contributed by atoms with van der Waals surface area (Å²) in [5.41, 5.74) is 5.28. The molecule has 2 N–H and O–H groups in total. The Morgan fingerprint density at radius 3 is 2.28 bits per heavy atom. The molecule has 0 aliphatic heterocycles. The lowest BCUT2D eigenvalue weighted by Gasteiger charge is -2.03. The number of nitrogens with zero attached hydrogens (tertiary/aromatic N) is 1. The van der Waals surface area contributed by atoms with E-state index in [1.807, 2.05) is 6.07 Å². The van der Waals surface area contributed by atoms with Gasteiger partial charge in [-0.1, -0.05) is 12.1 Å². The lowest BCUT2D eigenvalue weighted by Crippen LogP contribution is -2.28. The third kappa shape index (κ3) is 1.85. The molecule has 0 spiro atoms. The predicted molar refractivity (Wildman–Crippen MR) is 66.9 cm³/mol. The van der Waals surface area contributed by atoms with Crippen molar-refractivity contribution >= 4 is 9.84 Å². The fourth-order valence-corrected chi connectivity index (χ4v) is 4.08. The van der Waals surface area contributed by atoms with E-state index in [1.54, 1.807) is 31.4 Å². The number of methoxy groups -OCH3 is 1. The summed E-state index contributed by atoms with van der Waals surface area (Å²) in [5.74, 6) is 0.207. The number of ether oxygens (including phenoxy) is 1. The van der Waals surface area contributed by atoms with Crippen LogP contribution in [0.3, 0.4) is 0 Å². The van der Waals surface area contributed by atoms with Gasteiger partial charge in [-0.15, -0.1) is 0 Å². The average Bonchev–Trinajstić information content (AvgIpc) is 2.97. The Bertz CT molecular complexity index is 603. The van der Waals surface area contributed by atoms with Crippen molar-refractivity contribution in [3.05, 3.63) is 29.8 Å². The molecule has 3 atom stereocenters. The van der Waals surface area contributed by atoms with E-state index in [0.29, 0.717) is 5.75 Å². The molecule has 0 heterocycles. The number of benzene rings is 1. The highest BCUT2D eigenvalue weighted by Gasteiger charge is 2.69. The van der Waals surface area contributed by atoms with Crippen LogP contribution in [0, 0.1) is 11.3 Å². The van der Waals surface area contributed by atoms with Gasteiger partial charge < -0.3 is 10.5 Å². The van der Waals surface area contributed by atoms with Gasteiger partial charge in [-0.3, -0.25) is 0 Å². The zero-order valence-electron chi connectivity index (χ0n) is 10.1. The lowest BCUT2D eigenvalue weighted by atomic mass is 10.1. The predicted octanol–water partition coefficient (Wildman–Crippen LogP) is 0.427. The van der Waals surface area contributed by atoms with Gasteiger partial charge >= 0.3 is 0 Å². The molecule has 1 aliphatic carbocycles. The first kappa shape index (κ1) is 12.9. The van der Waals surface area contributed by atoms with Gasteiger partial charge in [0.05, 0.1) is 13.2 Å². The fourth-order valence-electron chi connectivity index (χ4n) is 2.37. The maximum atomic E-state index is 11.6. The monoisotopic (exact) mass is 266 g/mol. The summed E-state index contributed by atoms with van der Waals surface area (Å²) in [4.78, 5) is 0. The molecule has 6 heteroatoms. The molecule has 0 aromatic heterocycles. The number of hydrogen-bond donors (Lipinski definition) is 1. The van der Waals surface area contributed by atoms with Gasteiger partial charge in [0.15, 0.2) is 9.84 Å². The van der Waals surface area contributed by atoms with Gasteiger partial charge in [-0.05, 0) is 17.7 Å². The van der Waals surface area contributed by atoms with E-state index in [0.717, 1.165) is 11.8 Å². The van der Waals surface area contributed by atoms with Crippen molar-refractivity contribution in [1.82, 2.24) is 0 Å². The summed E-state index contributed by atoms with van der Waals surface area (Å²) >= 11 is 0. The highest BCUT2D eigenvalue weighted by molar-refractivity contribution is 7.91. The summed E-state index contributed by atoms with van der Waals surface area (Å²) in [6.07, 6.45) is 1.11. The quantitative estimate of drug-likeness (QED) is 0.856. The van der Waals surface area contributed by atoms with E-state index in [2.05, 4.69) is 0 Å². The second-order valence-corrected chi connectivity index (χ2v) is 6.71. The van der Waals surface area contributed by atoms with Crippen molar-refractivity contribution in [1.29, 1.82) is 5.26 Å². The molecule has 0 bridgehead atoms. The fraction of sp³-hybridized carbons (Fsp3) is 0.417. The minimum absolute atomic E-state index is 0.469. The number of nitriles is 1. The second kappa shape index (κ2) is 3.97. The molecule has 1 aromatic rings. The third-order valence-corrected chi connectivity index (χ3v) is 4.89. The molecule has 0 amide bonds. The number of hydrogen-bond acceptors (Lipinski definition) is 5. The van der Waals surface area contributed by atoms with E-state index in [-0.39, 0.29) is 0 Å². The zero-order valence-corrected chi connectivity index (χ0v) is 10.9. The molecule has 0 radical (unpaired) electrons. The molecule has 1 aromatic carbocycles. The maximum absolute atomic E-state index is 11.6. The molecule has 1 fully saturated rings. The summed E-state index contributed by atoms with van der Waals surface area (Å²) in [6.45, 7) is 0. The number of nitrogens with two attached hydrogens (primary N) is 1. The smallest absolute Gasteiger partial charge is 0.153 e. The molecule has 1 aliphatic rings. The summed E-state index contributed by atoms with van der Waals surface area (Å²) in [5, 5.41) is 8.24. The first-order valence-corrected chi connectivity index (χ1v) is 7.33. The van der Waals surface area contributed by atoms with Crippen LogP contribution < -0.4 is 10.5 Å². The Hall–Kier alpha value is -1.58. The summed E-state index contributed by atoms with van der Waals surface area (Å²) in [6, 6.07) is 8.86. The van der Waals surface area contributed by atoms with E-state index < -0.39 is 26.5 Å². The number of rotatable bonds is 3. The van der Waals surface area contributed by atoms with Crippen molar-refractivity contribution in [3.63, 3.8) is 0 Å². The minimum Gasteiger partial charge on any atom is -0.497 e. The topological polar surface area (TPSA) is 93.2 Å². The van der Waals surface area contributed by atoms with Crippen molar-refractivity contribution in [3.8, 4) is 11.8 Å². The molecule has 2 rings (SSSR count). The zero-order chi connectivity index (χ0) is 13.6. The van der Waals surface area contributed by atoms with Crippen LogP contribution in [-0.4, -0.2) is 32.6 Å². The summed E-state index contributed by atoms with van der Waals surface area (Å²) in [7, 11) is -1.79. The highest BCUT2D eigenvalue weighted by atomic mass is 32.2. The van der Waals surface area contributed by atoms with Crippen LogP contribution in [0.15, 0.2) is 24.3 Å². The lowest BCUT2D eigenvalue weighted by molar-refractivity contribution is 0.414. The molecule has 0 saturated heterocycles. The van der Waals surface area contributed by atoms with Crippen molar-refractivity contribution in [2.24, 2.45) is 5.73 Å². The first-order valence-electron chi connectivity index (χ1n) is 5.37. The van der Waals surface area contributed by atoms with Crippen LogP contribution in [-0.2, 0) is 9.84 Å². The maximum Gasteiger partial charge on any atom is 0.153 e. The first-order chi connectivity index (χ1) is 8.34. The van der Waals surface area contributed by atoms with E-state index in [9.17, 15) is 8.42 Å². The Morgan fingerprint density at radius 2 is 1.94 bits per heavy atom. The Kier molecular flexibility index (Phi) is 2.84. The van der Waals surface area contributed by atoms with Crippen molar-refractivity contribution < 1.29 is 13.2 Å². The third-order valence-electron chi connectivity index (χ3n) is 3.31. The largest absolute Gasteiger partial charge is 0.497 e. The van der Waals surface area contributed by atoms with Crippen molar-refractivity contribution in [2.45, 2.75) is 16.7 Å². The molecule has 1 saturated carbocycles. The Balaban J connectivity index is 2.37. The average molecular weight is 266 g/mol. The van der Waals surface area contributed by atoms with Gasteiger partial charge in [0, 0.05) is 12.2 Å². The van der Waals surface area contributed by atoms with Crippen molar-refractivity contribution in [2.75, 3.05) is 13.4 Å². The van der Waals surface area contributed by atoms with Crippen LogP contribution in [0.1, 0.15) is 11.5 Å².